The maximum absolute atomic E-state index is 11.9. The van der Waals surface area contributed by atoms with Crippen molar-refractivity contribution in [3.63, 3.8) is 0 Å². The van der Waals surface area contributed by atoms with E-state index < -0.39 is 0 Å². The minimum absolute atomic E-state index is 0.0270. The molecule has 2 N–H and O–H groups in total. The van der Waals surface area contributed by atoms with Crippen LogP contribution >= 0.6 is 0 Å². The molecule has 0 heterocycles. The van der Waals surface area contributed by atoms with Crippen LogP contribution in [0.1, 0.15) is 16.7 Å². The van der Waals surface area contributed by atoms with Crippen LogP contribution in [0.2, 0.25) is 0 Å². The van der Waals surface area contributed by atoms with Gasteiger partial charge in [0, 0.05) is 6.54 Å². The van der Waals surface area contributed by atoms with E-state index in [0.29, 0.717) is 6.54 Å². The molecule has 0 fully saturated rings. The van der Waals surface area contributed by atoms with Crippen molar-refractivity contribution in [2.45, 2.75) is 19.9 Å². The largest absolute Gasteiger partial charge is 0.497 e. The Balaban J connectivity index is 1.71. The lowest BCUT2D eigenvalue weighted by Crippen LogP contribution is -2.37. The summed E-state index contributed by atoms with van der Waals surface area (Å²) in [6.45, 7) is 2.37. The Hall–Kier alpha value is -2.82. The van der Waals surface area contributed by atoms with Crippen molar-refractivity contribution in [1.82, 2.24) is 10.6 Å². The number of methoxy groups -OCH3 is 1. The Morgan fingerprint density at radius 1 is 0.958 bits per heavy atom. The van der Waals surface area contributed by atoms with Gasteiger partial charge in [-0.05, 0) is 30.2 Å². The molecule has 0 saturated heterocycles. The van der Waals surface area contributed by atoms with Gasteiger partial charge in [0.15, 0.2) is 0 Å². The first-order chi connectivity index (χ1) is 11.6. The molecule has 0 saturated carbocycles. The number of carbonyl (C=O) groups excluding carboxylic acids is 2. The maximum atomic E-state index is 11.9. The summed E-state index contributed by atoms with van der Waals surface area (Å²) in [6, 6.07) is 15.2. The second-order valence-electron chi connectivity index (χ2n) is 5.57. The van der Waals surface area contributed by atoms with Crippen LogP contribution in [0, 0.1) is 6.92 Å². The molecule has 5 heteroatoms. The van der Waals surface area contributed by atoms with Crippen LogP contribution in [-0.2, 0) is 22.6 Å². The van der Waals surface area contributed by atoms with Gasteiger partial charge in [-0.3, -0.25) is 9.59 Å². The molecule has 0 aromatic heterocycles. The van der Waals surface area contributed by atoms with E-state index in [1.54, 1.807) is 7.11 Å². The number of carbonyl (C=O) groups is 2. The monoisotopic (exact) mass is 326 g/mol. The molecule has 5 nitrogen and oxygen atoms in total. The number of hydrogen-bond acceptors (Lipinski definition) is 3. The zero-order chi connectivity index (χ0) is 17.4. The molecule has 0 aliphatic rings. The molecule has 2 aromatic carbocycles. The zero-order valence-electron chi connectivity index (χ0n) is 14.0. The van der Waals surface area contributed by atoms with Crippen molar-refractivity contribution >= 4 is 11.8 Å². The molecule has 0 atom stereocenters. The van der Waals surface area contributed by atoms with Gasteiger partial charge in [0.05, 0.1) is 20.1 Å². The fourth-order valence-corrected chi connectivity index (χ4v) is 2.26. The fourth-order valence-electron chi connectivity index (χ4n) is 2.26. The van der Waals surface area contributed by atoms with Crippen LogP contribution < -0.4 is 15.4 Å². The summed E-state index contributed by atoms with van der Waals surface area (Å²) in [7, 11) is 1.61. The van der Waals surface area contributed by atoms with E-state index in [0.717, 1.165) is 22.4 Å². The lowest BCUT2D eigenvalue weighted by Gasteiger charge is -2.08. The molecule has 0 aliphatic carbocycles. The number of hydrogen-bond donors (Lipinski definition) is 2. The number of ether oxygens (including phenoxy) is 1. The van der Waals surface area contributed by atoms with Crippen molar-refractivity contribution in [3.8, 4) is 5.75 Å². The molecule has 2 amide bonds. The van der Waals surface area contributed by atoms with Crippen LogP contribution in [0.3, 0.4) is 0 Å². The number of rotatable bonds is 7. The van der Waals surface area contributed by atoms with Gasteiger partial charge in [-0.15, -0.1) is 0 Å². The summed E-state index contributed by atoms with van der Waals surface area (Å²) in [4.78, 5) is 23.7. The summed E-state index contributed by atoms with van der Waals surface area (Å²) in [5.41, 5.74) is 3.01. The third-order valence-corrected chi connectivity index (χ3v) is 3.54. The van der Waals surface area contributed by atoms with Gasteiger partial charge in [0.2, 0.25) is 11.8 Å². The Morgan fingerprint density at radius 2 is 1.71 bits per heavy atom. The maximum Gasteiger partial charge on any atom is 0.239 e. The van der Waals surface area contributed by atoms with Crippen molar-refractivity contribution in [3.05, 3.63) is 65.2 Å². The first-order valence-corrected chi connectivity index (χ1v) is 7.78. The SMILES string of the molecule is COc1ccc(CNC(=O)CNC(=O)Cc2cccc(C)c2)cc1. The first kappa shape index (κ1) is 17.5. The van der Waals surface area contributed by atoms with Crippen LogP contribution in [0.5, 0.6) is 5.75 Å². The number of benzene rings is 2. The topological polar surface area (TPSA) is 67.4 Å². The first-order valence-electron chi connectivity index (χ1n) is 7.78. The quantitative estimate of drug-likeness (QED) is 0.817. The summed E-state index contributed by atoms with van der Waals surface area (Å²) in [5.74, 6) is 0.386. The van der Waals surface area contributed by atoms with Crippen LogP contribution in [0.4, 0.5) is 0 Å². The highest BCUT2D eigenvalue weighted by Crippen LogP contribution is 2.10. The molecule has 0 bridgehead atoms. The normalized spacial score (nSPS) is 10.1. The molecule has 126 valence electrons. The second-order valence-corrected chi connectivity index (χ2v) is 5.57. The van der Waals surface area contributed by atoms with Gasteiger partial charge in [0.25, 0.3) is 0 Å². The second kappa shape index (κ2) is 8.72. The van der Waals surface area contributed by atoms with E-state index in [1.807, 2.05) is 55.5 Å². The Labute approximate surface area is 142 Å². The molecular weight excluding hydrogens is 304 g/mol. The van der Waals surface area contributed by atoms with E-state index >= 15 is 0 Å². The van der Waals surface area contributed by atoms with Crippen molar-refractivity contribution < 1.29 is 14.3 Å². The van der Waals surface area contributed by atoms with Gasteiger partial charge >= 0.3 is 0 Å². The molecule has 0 unspecified atom stereocenters. The van der Waals surface area contributed by atoms with E-state index in [9.17, 15) is 9.59 Å². The lowest BCUT2D eigenvalue weighted by atomic mass is 10.1. The Morgan fingerprint density at radius 3 is 2.38 bits per heavy atom. The molecule has 24 heavy (non-hydrogen) atoms. The van der Waals surface area contributed by atoms with E-state index in [4.69, 9.17) is 4.74 Å². The van der Waals surface area contributed by atoms with E-state index in [1.165, 1.54) is 0 Å². The van der Waals surface area contributed by atoms with Gasteiger partial charge in [0.1, 0.15) is 5.75 Å². The smallest absolute Gasteiger partial charge is 0.239 e. The van der Waals surface area contributed by atoms with Gasteiger partial charge in [-0.1, -0.05) is 42.0 Å². The molecule has 2 rings (SSSR count). The summed E-state index contributed by atoms with van der Waals surface area (Å²) >= 11 is 0. The number of nitrogens with one attached hydrogen (secondary N) is 2. The average molecular weight is 326 g/mol. The average Bonchev–Trinajstić information content (AvgIpc) is 2.58. The van der Waals surface area contributed by atoms with Crippen molar-refractivity contribution in [1.29, 1.82) is 0 Å². The van der Waals surface area contributed by atoms with Crippen LogP contribution in [0.25, 0.3) is 0 Å². The van der Waals surface area contributed by atoms with Gasteiger partial charge in [-0.2, -0.15) is 0 Å². The zero-order valence-corrected chi connectivity index (χ0v) is 14.0. The predicted molar refractivity (Wildman–Crippen MR) is 92.7 cm³/mol. The van der Waals surface area contributed by atoms with E-state index in [-0.39, 0.29) is 24.8 Å². The highest BCUT2D eigenvalue weighted by Gasteiger charge is 2.07. The molecule has 2 aromatic rings. The minimum atomic E-state index is -0.219. The van der Waals surface area contributed by atoms with Crippen molar-refractivity contribution in [2.75, 3.05) is 13.7 Å². The highest BCUT2D eigenvalue weighted by atomic mass is 16.5. The molecular formula is C19H22N2O3. The Bertz CT molecular complexity index is 696. The number of aryl methyl sites for hydroxylation is 1. The summed E-state index contributed by atoms with van der Waals surface area (Å²) in [5, 5.41) is 5.40. The molecule has 0 spiro atoms. The predicted octanol–water partition coefficient (Wildman–Crippen LogP) is 1.98. The third kappa shape index (κ3) is 5.76. The lowest BCUT2D eigenvalue weighted by molar-refractivity contribution is -0.125. The van der Waals surface area contributed by atoms with Gasteiger partial charge < -0.3 is 15.4 Å². The highest BCUT2D eigenvalue weighted by molar-refractivity contribution is 5.85. The summed E-state index contributed by atoms with van der Waals surface area (Å²) in [6.07, 6.45) is 0.271. The number of amides is 2. The van der Waals surface area contributed by atoms with Crippen LogP contribution in [-0.4, -0.2) is 25.5 Å². The standard InChI is InChI=1S/C19H22N2O3/c1-14-4-3-5-16(10-14)11-18(22)21-13-19(23)20-12-15-6-8-17(24-2)9-7-15/h3-10H,11-13H2,1-2H3,(H,20,23)(H,21,22). The fraction of sp³-hybridized carbons (Fsp3) is 0.263. The van der Waals surface area contributed by atoms with E-state index in [2.05, 4.69) is 10.6 Å². The minimum Gasteiger partial charge on any atom is -0.497 e. The molecule has 0 radical (unpaired) electrons. The summed E-state index contributed by atoms with van der Waals surface area (Å²) < 4.78 is 5.08. The van der Waals surface area contributed by atoms with Crippen LogP contribution in [0.15, 0.2) is 48.5 Å². The Kier molecular flexibility index (Phi) is 6.37. The van der Waals surface area contributed by atoms with Crippen molar-refractivity contribution in [2.24, 2.45) is 0 Å². The molecule has 0 aliphatic heterocycles. The van der Waals surface area contributed by atoms with Gasteiger partial charge in [-0.25, -0.2) is 0 Å². The third-order valence-electron chi connectivity index (χ3n) is 3.54.